The predicted molar refractivity (Wildman–Crippen MR) is 79.0 cm³/mol. The third-order valence-corrected chi connectivity index (χ3v) is 3.10. The molecule has 1 heterocycles. The third-order valence-electron chi connectivity index (χ3n) is 3.10. The van der Waals surface area contributed by atoms with Gasteiger partial charge in [-0.1, -0.05) is 32.0 Å². The van der Waals surface area contributed by atoms with Crippen molar-refractivity contribution in [2.45, 2.75) is 26.7 Å². The second-order valence-electron chi connectivity index (χ2n) is 5.15. The molecule has 0 atom stereocenters. The van der Waals surface area contributed by atoms with Crippen LogP contribution in [-0.4, -0.2) is 11.5 Å². The largest absolute Gasteiger partial charge is 0.370 e. The van der Waals surface area contributed by atoms with Crippen LogP contribution in [0.1, 0.15) is 32.3 Å². The van der Waals surface area contributed by atoms with Crippen LogP contribution in [0.4, 0.5) is 5.82 Å². The molecule has 3 nitrogen and oxygen atoms in total. The van der Waals surface area contributed by atoms with Gasteiger partial charge >= 0.3 is 0 Å². The molecule has 0 saturated heterocycles. The minimum absolute atomic E-state index is 0.678. The topological polar surface area (TPSA) is 48.7 Å². The van der Waals surface area contributed by atoms with E-state index in [9.17, 15) is 5.26 Å². The Morgan fingerprint density at radius 2 is 2.11 bits per heavy atom. The highest BCUT2D eigenvalue weighted by Crippen LogP contribution is 2.20. The number of nitriles is 1. The monoisotopic (exact) mass is 253 g/mol. The van der Waals surface area contributed by atoms with Crippen LogP contribution >= 0.6 is 0 Å². The zero-order valence-corrected chi connectivity index (χ0v) is 11.5. The van der Waals surface area contributed by atoms with Crippen molar-refractivity contribution in [3.8, 4) is 6.07 Å². The summed E-state index contributed by atoms with van der Waals surface area (Å²) >= 11 is 0. The molecule has 0 amide bonds. The Balaban J connectivity index is 2.14. The van der Waals surface area contributed by atoms with Gasteiger partial charge in [-0.05, 0) is 30.9 Å². The Bertz CT molecular complexity index is 596. The van der Waals surface area contributed by atoms with Gasteiger partial charge in [-0.2, -0.15) is 5.26 Å². The minimum Gasteiger partial charge on any atom is -0.370 e. The molecule has 0 aliphatic rings. The summed E-state index contributed by atoms with van der Waals surface area (Å²) in [6.45, 7) is 5.35. The molecule has 2 aromatic rings. The van der Waals surface area contributed by atoms with E-state index in [0.717, 1.165) is 35.6 Å². The van der Waals surface area contributed by atoms with Gasteiger partial charge in [0, 0.05) is 11.9 Å². The zero-order valence-electron chi connectivity index (χ0n) is 11.5. The Hall–Kier alpha value is -2.08. The molecule has 19 heavy (non-hydrogen) atoms. The van der Waals surface area contributed by atoms with E-state index in [-0.39, 0.29) is 0 Å². The number of hydrogen-bond donors (Lipinski definition) is 1. The van der Waals surface area contributed by atoms with Crippen molar-refractivity contribution in [3.05, 3.63) is 35.9 Å². The molecule has 0 bridgehead atoms. The molecule has 1 aromatic heterocycles. The first-order valence-corrected chi connectivity index (χ1v) is 6.74. The molecule has 0 spiro atoms. The fourth-order valence-electron chi connectivity index (χ4n) is 2.09. The highest BCUT2D eigenvalue weighted by molar-refractivity contribution is 5.86. The van der Waals surface area contributed by atoms with Crippen molar-refractivity contribution in [2.75, 3.05) is 11.9 Å². The van der Waals surface area contributed by atoms with Crippen LogP contribution < -0.4 is 5.32 Å². The zero-order chi connectivity index (χ0) is 13.7. The molecule has 0 fully saturated rings. The maximum Gasteiger partial charge on any atom is 0.127 e. The number of fused-ring (bicyclic) bond motifs is 1. The molecule has 0 saturated carbocycles. The summed E-state index contributed by atoms with van der Waals surface area (Å²) in [5, 5.41) is 13.4. The highest BCUT2D eigenvalue weighted by Gasteiger charge is 2.04. The number of nitrogens with zero attached hydrogens (tertiary/aromatic N) is 2. The maximum atomic E-state index is 9.20. The van der Waals surface area contributed by atoms with Gasteiger partial charge < -0.3 is 5.32 Å². The van der Waals surface area contributed by atoms with E-state index in [4.69, 9.17) is 0 Å². The molecule has 0 unspecified atom stereocenters. The fraction of sp³-hybridized carbons (Fsp3) is 0.375. The van der Waals surface area contributed by atoms with E-state index >= 15 is 0 Å². The first-order chi connectivity index (χ1) is 9.20. The van der Waals surface area contributed by atoms with Gasteiger partial charge in [0.25, 0.3) is 0 Å². The second-order valence-corrected chi connectivity index (χ2v) is 5.15. The van der Waals surface area contributed by atoms with Crippen LogP contribution in [0.2, 0.25) is 0 Å². The Morgan fingerprint density at radius 1 is 1.32 bits per heavy atom. The normalized spacial score (nSPS) is 10.6. The van der Waals surface area contributed by atoms with Crippen LogP contribution in [-0.2, 0) is 0 Å². The third kappa shape index (κ3) is 3.45. The van der Waals surface area contributed by atoms with Crippen LogP contribution in [0.5, 0.6) is 0 Å². The van der Waals surface area contributed by atoms with Crippen LogP contribution in [0, 0.1) is 17.2 Å². The predicted octanol–water partition coefficient (Wildman–Crippen LogP) is 3.95. The first-order valence-electron chi connectivity index (χ1n) is 6.74. The first kappa shape index (κ1) is 13.4. The van der Waals surface area contributed by atoms with Crippen molar-refractivity contribution in [3.63, 3.8) is 0 Å². The van der Waals surface area contributed by atoms with Gasteiger partial charge in [-0.15, -0.1) is 0 Å². The summed E-state index contributed by atoms with van der Waals surface area (Å²) in [4.78, 5) is 4.54. The highest BCUT2D eigenvalue weighted by atomic mass is 15.0. The SMILES string of the molecule is CC(C)CCCNc1cc(C#N)c2ccccc2n1. The van der Waals surface area contributed by atoms with Crippen molar-refractivity contribution in [1.82, 2.24) is 4.98 Å². The second kappa shape index (κ2) is 6.19. The van der Waals surface area contributed by atoms with E-state index in [2.05, 4.69) is 30.2 Å². The van der Waals surface area contributed by atoms with Gasteiger partial charge in [-0.3, -0.25) is 0 Å². The van der Waals surface area contributed by atoms with Crippen LogP contribution in [0.15, 0.2) is 30.3 Å². The average molecular weight is 253 g/mol. The standard InChI is InChI=1S/C16H19N3/c1-12(2)6-5-9-18-16-10-13(11-17)14-7-3-4-8-15(14)19-16/h3-4,7-8,10,12H,5-6,9H2,1-2H3,(H,18,19). The summed E-state index contributed by atoms with van der Waals surface area (Å²) in [5.41, 5.74) is 1.55. The number of nitrogens with one attached hydrogen (secondary N) is 1. The van der Waals surface area contributed by atoms with Gasteiger partial charge in [0.2, 0.25) is 0 Å². The van der Waals surface area contributed by atoms with Gasteiger partial charge in [0.1, 0.15) is 5.82 Å². The summed E-state index contributed by atoms with van der Waals surface area (Å²) in [5.74, 6) is 1.51. The lowest BCUT2D eigenvalue weighted by atomic mass is 10.1. The van der Waals surface area contributed by atoms with Gasteiger partial charge in [-0.25, -0.2) is 4.98 Å². The summed E-state index contributed by atoms with van der Waals surface area (Å²) < 4.78 is 0. The Kier molecular flexibility index (Phi) is 4.35. The van der Waals surface area contributed by atoms with Crippen molar-refractivity contribution < 1.29 is 0 Å². The number of anilines is 1. The number of para-hydroxylation sites is 1. The molecular formula is C16H19N3. The smallest absolute Gasteiger partial charge is 0.127 e. The molecule has 0 radical (unpaired) electrons. The molecule has 2 rings (SSSR count). The molecular weight excluding hydrogens is 234 g/mol. The van der Waals surface area contributed by atoms with Crippen molar-refractivity contribution in [2.24, 2.45) is 5.92 Å². The fourth-order valence-corrected chi connectivity index (χ4v) is 2.09. The van der Waals surface area contributed by atoms with Crippen LogP contribution in [0.3, 0.4) is 0 Å². The molecule has 1 aromatic carbocycles. The number of hydrogen-bond acceptors (Lipinski definition) is 3. The van der Waals surface area contributed by atoms with E-state index in [0.29, 0.717) is 5.56 Å². The van der Waals surface area contributed by atoms with Crippen LogP contribution in [0.25, 0.3) is 10.9 Å². The lowest BCUT2D eigenvalue weighted by Gasteiger charge is -2.09. The van der Waals surface area contributed by atoms with E-state index in [1.807, 2.05) is 30.3 Å². The lowest BCUT2D eigenvalue weighted by molar-refractivity contribution is 0.567. The number of benzene rings is 1. The summed E-state index contributed by atoms with van der Waals surface area (Å²) in [6.07, 6.45) is 2.32. The molecule has 98 valence electrons. The average Bonchev–Trinajstić information content (AvgIpc) is 2.42. The van der Waals surface area contributed by atoms with E-state index in [1.165, 1.54) is 6.42 Å². The van der Waals surface area contributed by atoms with Crippen molar-refractivity contribution >= 4 is 16.7 Å². The number of rotatable bonds is 5. The van der Waals surface area contributed by atoms with Gasteiger partial charge in [0.05, 0.1) is 17.1 Å². The lowest BCUT2D eigenvalue weighted by Crippen LogP contribution is -2.05. The van der Waals surface area contributed by atoms with Gasteiger partial charge in [0.15, 0.2) is 0 Å². The minimum atomic E-state index is 0.678. The Labute approximate surface area is 114 Å². The molecule has 0 aliphatic heterocycles. The number of aromatic nitrogens is 1. The van der Waals surface area contributed by atoms with E-state index in [1.54, 1.807) is 0 Å². The molecule has 1 N–H and O–H groups in total. The molecule has 0 aliphatic carbocycles. The quantitative estimate of drug-likeness (QED) is 0.821. The molecule has 3 heteroatoms. The van der Waals surface area contributed by atoms with Crippen molar-refractivity contribution in [1.29, 1.82) is 5.26 Å². The number of pyridine rings is 1. The Morgan fingerprint density at radius 3 is 2.84 bits per heavy atom. The maximum absolute atomic E-state index is 9.20. The summed E-state index contributed by atoms with van der Waals surface area (Å²) in [6, 6.07) is 11.8. The summed E-state index contributed by atoms with van der Waals surface area (Å²) in [7, 11) is 0. The van der Waals surface area contributed by atoms with E-state index < -0.39 is 0 Å².